The molecule has 0 heterocycles. The number of benzene rings is 1. The second-order valence-corrected chi connectivity index (χ2v) is 5.80. The van der Waals surface area contributed by atoms with Gasteiger partial charge in [-0.1, -0.05) is 0 Å². The monoisotopic (exact) mass is 288 g/mol. The molecule has 1 aromatic carbocycles. The number of nitrogens with one attached hydrogen (secondary N) is 1. The molecule has 1 aromatic rings. The lowest BCUT2D eigenvalue weighted by molar-refractivity contribution is 0.133. The number of ether oxygens (including phenoxy) is 2. The zero-order chi connectivity index (χ0) is 14.5. The summed E-state index contributed by atoms with van der Waals surface area (Å²) in [6.07, 6.45) is 0. The molecule has 0 fully saturated rings. The zero-order valence-corrected chi connectivity index (χ0v) is 12.2. The van der Waals surface area contributed by atoms with E-state index < -0.39 is 10.0 Å². The fourth-order valence-electron chi connectivity index (χ4n) is 1.52. The van der Waals surface area contributed by atoms with E-state index in [9.17, 15) is 8.42 Å². The average molecular weight is 288 g/mol. The second-order valence-electron chi connectivity index (χ2n) is 4.09. The number of nitrogens with two attached hydrogens (primary N) is 1. The predicted octanol–water partition coefficient (Wildman–Crippen LogP) is 0.981. The zero-order valence-electron chi connectivity index (χ0n) is 11.3. The van der Waals surface area contributed by atoms with Crippen LogP contribution in [0, 0.1) is 0 Å². The van der Waals surface area contributed by atoms with Gasteiger partial charge in [-0.25, -0.2) is 13.1 Å². The molecule has 1 rings (SSSR count). The maximum absolute atomic E-state index is 12.1. The third kappa shape index (κ3) is 4.38. The standard InChI is InChI=1S/C12H20N2O4S/c1-4-18-8-9(2)14-19(15,16)10-5-6-11(13)12(7-10)17-3/h5-7,9,14H,4,8,13H2,1-3H3. The Kier molecular flexibility index (Phi) is 5.59. The van der Waals surface area contributed by atoms with Crippen molar-refractivity contribution in [1.29, 1.82) is 0 Å². The van der Waals surface area contributed by atoms with Crippen LogP contribution in [0.3, 0.4) is 0 Å². The van der Waals surface area contributed by atoms with Gasteiger partial charge in [0.2, 0.25) is 10.0 Å². The van der Waals surface area contributed by atoms with Gasteiger partial charge in [-0.2, -0.15) is 0 Å². The average Bonchev–Trinajstić information content (AvgIpc) is 2.36. The van der Waals surface area contributed by atoms with Crippen molar-refractivity contribution in [3.05, 3.63) is 18.2 Å². The third-order valence-corrected chi connectivity index (χ3v) is 4.03. The summed E-state index contributed by atoms with van der Waals surface area (Å²) in [7, 11) is -2.17. The Hall–Kier alpha value is -1.31. The van der Waals surface area contributed by atoms with Gasteiger partial charge < -0.3 is 15.2 Å². The molecule has 0 radical (unpaired) electrons. The summed E-state index contributed by atoms with van der Waals surface area (Å²) in [6, 6.07) is 4.02. The largest absolute Gasteiger partial charge is 0.495 e. The molecule has 0 spiro atoms. The van der Waals surface area contributed by atoms with Gasteiger partial charge in [0.1, 0.15) is 5.75 Å². The minimum absolute atomic E-state index is 0.113. The van der Waals surface area contributed by atoms with Gasteiger partial charge in [0, 0.05) is 18.7 Å². The second kappa shape index (κ2) is 6.74. The van der Waals surface area contributed by atoms with Crippen LogP contribution in [0.25, 0.3) is 0 Å². The lowest BCUT2D eigenvalue weighted by atomic mass is 10.3. The van der Waals surface area contributed by atoms with Gasteiger partial charge in [-0.3, -0.25) is 0 Å². The van der Waals surface area contributed by atoms with Crippen molar-refractivity contribution >= 4 is 15.7 Å². The Balaban J connectivity index is 2.88. The summed E-state index contributed by atoms with van der Waals surface area (Å²) >= 11 is 0. The molecular weight excluding hydrogens is 268 g/mol. The Morgan fingerprint density at radius 3 is 2.68 bits per heavy atom. The highest BCUT2D eigenvalue weighted by Gasteiger charge is 2.18. The molecule has 1 unspecified atom stereocenters. The summed E-state index contributed by atoms with van der Waals surface area (Å²) in [5.41, 5.74) is 6.04. The molecule has 19 heavy (non-hydrogen) atoms. The minimum Gasteiger partial charge on any atom is -0.495 e. The summed E-state index contributed by atoms with van der Waals surface area (Å²) < 4.78 is 37.0. The Labute approximate surface area is 113 Å². The van der Waals surface area contributed by atoms with E-state index in [-0.39, 0.29) is 10.9 Å². The van der Waals surface area contributed by atoms with Crippen molar-refractivity contribution in [2.45, 2.75) is 24.8 Å². The van der Waals surface area contributed by atoms with Crippen LogP contribution in [0.4, 0.5) is 5.69 Å². The topological polar surface area (TPSA) is 90.7 Å². The Bertz CT molecular complexity index is 516. The van der Waals surface area contributed by atoms with E-state index in [4.69, 9.17) is 15.2 Å². The van der Waals surface area contributed by atoms with Crippen LogP contribution in [-0.2, 0) is 14.8 Å². The van der Waals surface area contributed by atoms with Crippen molar-refractivity contribution in [3.8, 4) is 5.75 Å². The summed E-state index contributed by atoms with van der Waals surface area (Å²) in [5.74, 6) is 0.334. The van der Waals surface area contributed by atoms with E-state index >= 15 is 0 Å². The number of nitrogen functional groups attached to an aromatic ring is 1. The van der Waals surface area contributed by atoms with Crippen molar-refractivity contribution in [2.24, 2.45) is 0 Å². The molecule has 108 valence electrons. The fraction of sp³-hybridized carbons (Fsp3) is 0.500. The van der Waals surface area contributed by atoms with Gasteiger partial charge in [-0.05, 0) is 26.0 Å². The number of sulfonamides is 1. The lowest BCUT2D eigenvalue weighted by Gasteiger charge is -2.15. The molecule has 0 aromatic heterocycles. The van der Waals surface area contributed by atoms with E-state index in [0.717, 1.165) is 0 Å². The molecule has 1 atom stereocenters. The van der Waals surface area contributed by atoms with Crippen LogP contribution in [-0.4, -0.2) is 34.8 Å². The lowest BCUT2D eigenvalue weighted by Crippen LogP contribution is -2.35. The highest BCUT2D eigenvalue weighted by molar-refractivity contribution is 7.89. The van der Waals surface area contributed by atoms with Crippen LogP contribution >= 0.6 is 0 Å². The van der Waals surface area contributed by atoms with E-state index in [1.165, 1.54) is 25.3 Å². The highest BCUT2D eigenvalue weighted by Crippen LogP contribution is 2.24. The summed E-state index contributed by atoms with van der Waals surface area (Å²) in [4.78, 5) is 0.113. The maximum Gasteiger partial charge on any atom is 0.241 e. The molecule has 0 bridgehead atoms. The van der Waals surface area contributed by atoms with Gasteiger partial charge >= 0.3 is 0 Å². The molecule has 0 aliphatic rings. The first-order valence-electron chi connectivity index (χ1n) is 5.94. The normalized spacial score (nSPS) is 13.2. The number of hydrogen-bond acceptors (Lipinski definition) is 5. The molecule has 3 N–H and O–H groups in total. The van der Waals surface area contributed by atoms with Crippen LogP contribution < -0.4 is 15.2 Å². The first-order chi connectivity index (χ1) is 8.90. The molecule has 0 amide bonds. The quantitative estimate of drug-likeness (QED) is 0.730. The van der Waals surface area contributed by atoms with E-state index in [1.54, 1.807) is 6.92 Å². The summed E-state index contributed by atoms with van der Waals surface area (Å²) in [5, 5.41) is 0. The van der Waals surface area contributed by atoms with Crippen molar-refractivity contribution in [2.75, 3.05) is 26.1 Å². The Morgan fingerprint density at radius 2 is 2.11 bits per heavy atom. The molecular formula is C12H20N2O4S. The summed E-state index contributed by atoms with van der Waals surface area (Å²) in [6.45, 7) is 4.46. The van der Waals surface area contributed by atoms with Gasteiger partial charge in [-0.15, -0.1) is 0 Å². The number of hydrogen-bond donors (Lipinski definition) is 2. The molecule has 0 aliphatic carbocycles. The van der Waals surface area contributed by atoms with Crippen LogP contribution in [0.1, 0.15) is 13.8 Å². The number of methoxy groups -OCH3 is 1. The molecule has 6 nitrogen and oxygen atoms in total. The molecule has 0 aliphatic heterocycles. The minimum atomic E-state index is -3.60. The van der Waals surface area contributed by atoms with Gasteiger partial charge in [0.15, 0.2) is 0 Å². The SMILES string of the molecule is CCOCC(C)NS(=O)(=O)c1ccc(N)c(OC)c1. The third-order valence-electron chi connectivity index (χ3n) is 2.44. The van der Waals surface area contributed by atoms with E-state index in [0.29, 0.717) is 24.7 Å². The molecule has 0 saturated heterocycles. The number of anilines is 1. The maximum atomic E-state index is 12.1. The van der Waals surface area contributed by atoms with Crippen LogP contribution in [0.15, 0.2) is 23.1 Å². The van der Waals surface area contributed by atoms with Crippen LogP contribution in [0.2, 0.25) is 0 Å². The first-order valence-corrected chi connectivity index (χ1v) is 7.42. The smallest absolute Gasteiger partial charge is 0.241 e. The Morgan fingerprint density at radius 1 is 1.42 bits per heavy atom. The van der Waals surface area contributed by atoms with Crippen molar-refractivity contribution < 1.29 is 17.9 Å². The highest BCUT2D eigenvalue weighted by atomic mass is 32.2. The molecule has 0 saturated carbocycles. The van der Waals surface area contributed by atoms with Crippen LogP contribution in [0.5, 0.6) is 5.75 Å². The van der Waals surface area contributed by atoms with Gasteiger partial charge in [0.05, 0.1) is 24.3 Å². The fourth-order valence-corrected chi connectivity index (χ4v) is 2.76. The van der Waals surface area contributed by atoms with Crippen molar-refractivity contribution in [3.63, 3.8) is 0 Å². The van der Waals surface area contributed by atoms with E-state index in [1.807, 2.05) is 6.92 Å². The molecule has 7 heteroatoms. The number of rotatable bonds is 7. The van der Waals surface area contributed by atoms with Gasteiger partial charge in [0.25, 0.3) is 0 Å². The van der Waals surface area contributed by atoms with Crippen molar-refractivity contribution in [1.82, 2.24) is 4.72 Å². The first kappa shape index (κ1) is 15.7. The predicted molar refractivity (Wildman–Crippen MR) is 73.7 cm³/mol. The van der Waals surface area contributed by atoms with E-state index in [2.05, 4.69) is 4.72 Å².